The van der Waals surface area contributed by atoms with Crippen LogP contribution >= 0.6 is 7.75 Å². The monoisotopic (exact) mass is 556 g/mol. The number of azide groups is 1. The number of aromatic nitrogens is 2. The summed E-state index contributed by atoms with van der Waals surface area (Å²) >= 11 is 0. The van der Waals surface area contributed by atoms with Gasteiger partial charge in [-0.05, 0) is 50.6 Å². The number of hydrogen-bond acceptors (Lipinski definition) is 10. The van der Waals surface area contributed by atoms with E-state index in [9.17, 15) is 28.4 Å². The third-order valence-corrected chi connectivity index (χ3v) is 7.20. The number of aromatic amines is 1. The van der Waals surface area contributed by atoms with Gasteiger partial charge < -0.3 is 19.1 Å². The Kier molecular flexibility index (Phi) is 9.09. The molecular formula is C21H26FN6O9P. The van der Waals surface area contributed by atoms with Crippen molar-refractivity contribution in [2.75, 3.05) is 13.2 Å². The zero-order chi connectivity index (χ0) is 28.1. The second-order valence-electron chi connectivity index (χ2n) is 8.35. The third kappa shape index (κ3) is 6.48. The summed E-state index contributed by atoms with van der Waals surface area (Å²) in [5, 5.41) is 17.0. The molecule has 0 saturated carbocycles. The Morgan fingerprint density at radius 2 is 2.08 bits per heavy atom. The highest BCUT2D eigenvalue weighted by Gasteiger charge is 2.55. The van der Waals surface area contributed by atoms with E-state index in [1.165, 1.54) is 26.0 Å². The van der Waals surface area contributed by atoms with Gasteiger partial charge in [0, 0.05) is 17.2 Å². The van der Waals surface area contributed by atoms with E-state index < -0.39 is 67.4 Å². The molecule has 1 saturated heterocycles. The molecule has 2 aromatic rings. The molecule has 1 aromatic carbocycles. The van der Waals surface area contributed by atoms with Crippen molar-refractivity contribution in [3.63, 3.8) is 0 Å². The topological polar surface area (TPSA) is 207 Å². The molecule has 3 rings (SSSR count). The minimum absolute atomic E-state index is 0.0560. The Labute approximate surface area is 214 Å². The van der Waals surface area contributed by atoms with Gasteiger partial charge in [-0.2, -0.15) is 5.09 Å². The Morgan fingerprint density at radius 1 is 1.39 bits per heavy atom. The van der Waals surface area contributed by atoms with Crippen LogP contribution in [0, 0.1) is 5.82 Å². The molecule has 1 aromatic heterocycles. The van der Waals surface area contributed by atoms with Gasteiger partial charge in [-0.25, -0.2) is 13.8 Å². The van der Waals surface area contributed by atoms with Crippen molar-refractivity contribution < 1.29 is 37.4 Å². The maximum absolute atomic E-state index is 13.6. The number of esters is 1. The second kappa shape index (κ2) is 11.9. The molecule has 0 radical (unpaired) electrons. The lowest BCUT2D eigenvalue weighted by molar-refractivity contribution is -0.144. The molecular weight excluding hydrogens is 530 g/mol. The standard InChI is InChI=1S/C21H26FN6O9P/c1-4-34-18(31)12(2)25-38(33,37-14-7-5-13(22)6-8-14)35-11-15-17(30)21(3,26-27-23)19(36-15)28-10-9-16(29)24-20(28)32/h5-10,12,15,17,19,30H,4,11H2,1-3H3,(H,25,33)(H,24,29,32)/t12-,15+,17+,19?,21+,38?/m0/s1. The SMILES string of the molecule is CCOC(=O)[C@H](C)NP(=O)(OC[C@H]1OC(n2ccc(=O)[nH]c2=O)[C@](C)(N=[N+]=[N-])[C@@H]1O)Oc1ccc(F)cc1. The summed E-state index contributed by atoms with van der Waals surface area (Å²) in [6.45, 7) is 3.66. The first-order chi connectivity index (χ1) is 17.9. The number of halogens is 1. The largest absolute Gasteiger partial charge is 0.465 e. The maximum Gasteiger partial charge on any atom is 0.459 e. The lowest BCUT2D eigenvalue weighted by atomic mass is 9.93. The zero-order valence-electron chi connectivity index (χ0n) is 20.5. The van der Waals surface area contributed by atoms with Crippen LogP contribution in [-0.4, -0.2) is 57.6 Å². The molecule has 15 nitrogen and oxygen atoms in total. The van der Waals surface area contributed by atoms with Gasteiger partial charge in [-0.3, -0.25) is 23.7 Å². The van der Waals surface area contributed by atoms with E-state index in [2.05, 4.69) is 15.1 Å². The second-order valence-corrected chi connectivity index (χ2v) is 10.0. The quantitative estimate of drug-likeness (QED) is 0.120. The van der Waals surface area contributed by atoms with Crippen molar-refractivity contribution in [2.24, 2.45) is 5.11 Å². The Morgan fingerprint density at radius 3 is 2.68 bits per heavy atom. The maximum atomic E-state index is 13.6. The molecule has 0 amide bonds. The molecule has 6 atom stereocenters. The van der Waals surface area contributed by atoms with Crippen molar-refractivity contribution in [1.29, 1.82) is 0 Å². The van der Waals surface area contributed by atoms with Crippen LogP contribution in [0.2, 0.25) is 0 Å². The number of carbonyl (C=O) groups excluding carboxylic acids is 1. The number of nitrogens with zero attached hydrogens (tertiary/aromatic N) is 4. The van der Waals surface area contributed by atoms with E-state index in [-0.39, 0.29) is 12.4 Å². The Bertz CT molecular complexity index is 1360. The number of aliphatic hydroxyl groups excluding tert-OH is 1. The fourth-order valence-corrected chi connectivity index (χ4v) is 5.15. The smallest absolute Gasteiger partial charge is 0.459 e. The molecule has 17 heteroatoms. The summed E-state index contributed by atoms with van der Waals surface area (Å²) in [7, 11) is -4.42. The third-order valence-electron chi connectivity index (χ3n) is 5.56. The summed E-state index contributed by atoms with van der Waals surface area (Å²) in [4.78, 5) is 40.7. The summed E-state index contributed by atoms with van der Waals surface area (Å²) in [5.41, 5.74) is 5.73. The summed E-state index contributed by atoms with van der Waals surface area (Å²) in [5.74, 6) is -1.41. The number of hydrogen-bond donors (Lipinski definition) is 3. The normalized spacial score (nSPS) is 25.1. The lowest BCUT2D eigenvalue weighted by Crippen LogP contribution is -2.45. The predicted octanol–water partition coefficient (Wildman–Crippen LogP) is 1.75. The molecule has 206 valence electrons. The van der Waals surface area contributed by atoms with E-state index in [0.717, 1.165) is 29.0 Å². The molecule has 0 aliphatic carbocycles. The van der Waals surface area contributed by atoms with Gasteiger partial charge in [0.15, 0.2) is 6.23 Å². The Hall–Kier alpha value is -3.52. The van der Waals surface area contributed by atoms with Crippen molar-refractivity contribution in [2.45, 2.75) is 50.8 Å². The lowest BCUT2D eigenvalue weighted by Gasteiger charge is -2.28. The van der Waals surface area contributed by atoms with Gasteiger partial charge in [0.2, 0.25) is 0 Å². The first-order valence-electron chi connectivity index (χ1n) is 11.3. The molecule has 38 heavy (non-hydrogen) atoms. The van der Waals surface area contributed by atoms with Gasteiger partial charge >= 0.3 is 19.4 Å². The molecule has 0 bridgehead atoms. The highest BCUT2D eigenvalue weighted by atomic mass is 31.2. The van der Waals surface area contributed by atoms with Crippen LogP contribution < -0.4 is 20.9 Å². The average molecular weight is 556 g/mol. The molecule has 3 N–H and O–H groups in total. The van der Waals surface area contributed by atoms with Gasteiger partial charge in [-0.15, -0.1) is 0 Å². The highest BCUT2D eigenvalue weighted by molar-refractivity contribution is 7.52. The number of nitrogens with one attached hydrogen (secondary N) is 2. The predicted molar refractivity (Wildman–Crippen MR) is 129 cm³/mol. The van der Waals surface area contributed by atoms with E-state index in [0.29, 0.717) is 0 Å². The number of benzene rings is 1. The van der Waals surface area contributed by atoms with Gasteiger partial charge in [0.05, 0.1) is 19.3 Å². The van der Waals surface area contributed by atoms with E-state index in [1.54, 1.807) is 6.92 Å². The number of rotatable bonds is 11. The molecule has 1 aliphatic heterocycles. The first-order valence-corrected chi connectivity index (χ1v) is 12.8. The first kappa shape index (κ1) is 29.0. The minimum Gasteiger partial charge on any atom is -0.465 e. The van der Waals surface area contributed by atoms with Crippen LogP contribution in [-0.2, 0) is 23.4 Å². The van der Waals surface area contributed by atoms with Crippen LogP contribution in [0.1, 0.15) is 27.0 Å². The van der Waals surface area contributed by atoms with Crippen molar-refractivity contribution in [1.82, 2.24) is 14.6 Å². The summed E-state index contributed by atoms with van der Waals surface area (Å²) in [6.07, 6.45) is -3.23. The van der Waals surface area contributed by atoms with Gasteiger partial charge in [0.25, 0.3) is 5.56 Å². The molecule has 1 aliphatic rings. The molecule has 2 heterocycles. The fraction of sp³-hybridized carbons (Fsp3) is 0.476. The fourth-order valence-electron chi connectivity index (χ4n) is 3.65. The highest BCUT2D eigenvalue weighted by Crippen LogP contribution is 2.47. The van der Waals surface area contributed by atoms with Crippen LogP contribution in [0.4, 0.5) is 4.39 Å². The van der Waals surface area contributed by atoms with Crippen LogP contribution in [0.15, 0.2) is 51.2 Å². The Balaban J connectivity index is 1.88. The van der Waals surface area contributed by atoms with E-state index in [4.69, 9.17) is 24.1 Å². The van der Waals surface area contributed by atoms with Crippen LogP contribution in [0.5, 0.6) is 5.75 Å². The van der Waals surface area contributed by atoms with Crippen molar-refractivity contribution >= 4 is 13.7 Å². The summed E-state index contributed by atoms with van der Waals surface area (Å²) in [6, 6.07) is 4.33. The number of aliphatic hydroxyl groups is 1. The van der Waals surface area contributed by atoms with Gasteiger partial charge in [0.1, 0.15) is 29.3 Å². The molecule has 1 fully saturated rings. The van der Waals surface area contributed by atoms with Gasteiger partial charge in [-0.1, -0.05) is 5.11 Å². The summed E-state index contributed by atoms with van der Waals surface area (Å²) < 4.78 is 49.4. The number of ether oxygens (including phenoxy) is 2. The zero-order valence-corrected chi connectivity index (χ0v) is 21.4. The van der Waals surface area contributed by atoms with Crippen LogP contribution in [0.25, 0.3) is 10.4 Å². The molecule has 2 unspecified atom stereocenters. The molecule has 0 spiro atoms. The average Bonchev–Trinajstić information content (AvgIpc) is 3.09. The minimum atomic E-state index is -4.42. The van der Waals surface area contributed by atoms with Crippen molar-refractivity contribution in [3.05, 3.63) is 73.6 Å². The number of H-pyrrole nitrogens is 1. The van der Waals surface area contributed by atoms with Crippen LogP contribution in [0.3, 0.4) is 0 Å². The number of carbonyl (C=O) groups is 1. The van der Waals surface area contributed by atoms with Crippen molar-refractivity contribution in [3.8, 4) is 5.75 Å². The van der Waals surface area contributed by atoms with E-state index in [1.807, 2.05) is 4.98 Å². The van der Waals surface area contributed by atoms with E-state index >= 15 is 0 Å².